The van der Waals surface area contributed by atoms with Gasteiger partial charge in [-0.2, -0.15) is 16.8 Å². The molecule has 6 aromatic rings. The Hall–Kier alpha value is -5.97. The summed E-state index contributed by atoms with van der Waals surface area (Å²) in [6.45, 7) is 3.00. The Morgan fingerprint density at radius 2 is 0.857 bits per heavy atom. The van der Waals surface area contributed by atoms with Gasteiger partial charge in [-0.15, -0.1) is 0 Å². The maximum atomic E-state index is 13.4. The predicted octanol–water partition coefficient (Wildman–Crippen LogP) is 5.76. The fraction of sp³-hybridized carbons (Fsp3) is 0.0571. The van der Waals surface area contributed by atoms with Gasteiger partial charge in [0.2, 0.25) is 0 Å². The van der Waals surface area contributed by atoms with Crippen LogP contribution in [0, 0.1) is 13.8 Å². The molecule has 6 aromatic carbocycles. The average Bonchev–Trinajstić information content (AvgIpc) is 3.08. The molecule has 0 fully saturated rings. The topological polar surface area (TPSA) is 283 Å². The highest BCUT2D eigenvalue weighted by molar-refractivity contribution is 7.93. The van der Waals surface area contributed by atoms with E-state index < -0.39 is 56.1 Å². The van der Waals surface area contributed by atoms with Crippen LogP contribution < -0.4 is 20.1 Å². The van der Waals surface area contributed by atoms with Crippen molar-refractivity contribution in [3.63, 3.8) is 0 Å². The number of aromatic hydroxyl groups is 2. The lowest BCUT2D eigenvalue weighted by Gasteiger charge is -2.16. The lowest BCUT2D eigenvalue weighted by molar-refractivity contribution is 0.262. The Bertz CT molecular complexity index is 2880. The number of hydrogen-bond acceptors (Lipinski definition) is 11. The molecule has 17 nitrogen and oxygen atoms in total. The summed E-state index contributed by atoms with van der Waals surface area (Å²) >= 11 is 0. The number of sulfonamides is 2. The molecular weight excluding hydrogens is 813 g/mol. The van der Waals surface area contributed by atoms with Gasteiger partial charge in [-0.3, -0.25) is 18.5 Å². The third-order valence-electron chi connectivity index (χ3n) is 8.45. The van der Waals surface area contributed by atoms with Crippen LogP contribution in [0.25, 0.3) is 21.5 Å². The molecule has 0 heterocycles. The zero-order chi connectivity index (χ0) is 41.0. The first kappa shape index (κ1) is 39.7. The number of urea groups is 1. The third kappa shape index (κ3) is 8.17. The number of phenolic OH excluding ortho intramolecular Hbond substituents is 2. The van der Waals surface area contributed by atoms with E-state index in [0.717, 1.165) is 36.4 Å². The minimum Gasteiger partial charge on any atom is -0.507 e. The minimum atomic E-state index is -4.76. The quantitative estimate of drug-likeness (QED) is 0.0763. The zero-order valence-corrected chi connectivity index (χ0v) is 32.1. The van der Waals surface area contributed by atoms with Crippen molar-refractivity contribution in [2.24, 2.45) is 0 Å². The SMILES string of the molecule is Cc1cc(S(=O)(=O)Nc2cc(S(=O)(=O)O)cc3cccc(O)c23)ccc1NC(=O)Nc1ccc(S(=O)(=O)Nc2cc(S(=O)(=O)O)cc3cccc(O)c23)cc1C. The van der Waals surface area contributed by atoms with E-state index >= 15 is 0 Å². The van der Waals surface area contributed by atoms with E-state index in [9.17, 15) is 57.8 Å². The van der Waals surface area contributed by atoms with E-state index in [2.05, 4.69) is 20.1 Å². The number of fused-ring (bicyclic) bond motifs is 2. The first-order valence-electron chi connectivity index (χ1n) is 15.8. The molecule has 0 aromatic heterocycles. The molecule has 0 atom stereocenters. The van der Waals surface area contributed by atoms with Gasteiger partial charge in [-0.1, -0.05) is 24.3 Å². The van der Waals surface area contributed by atoms with Gasteiger partial charge in [-0.05, 0) is 109 Å². The first-order chi connectivity index (χ1) is 26.0. The number of phenols is 2. The molecule has 21 heteroatoms. The summed E-state index contributed by atoms with van der Waals surface area (Å²) in [5.41, 5.74) is 0.280. The van der Waals surface area contributed by atoms with Crippen molar-refractivity contribution < 1.29 is 57.8 Å². The molecule has 0 aliphatic heterocycles. The molecule has 0 aliphatic carbocycles. The largest absolute Gasteiger partial charge is 0.507 e. The normalized spacial score (nSPS) is 12.4. The van der Waals surface area contributed by atoms with Crippen molar-refractivity contribution in [1.82, 2.24) is 0 Å². The van der Waals surface area contributed by atoms with Gasteiger partial charge in [0.1, 0.15) is 11.5 Å². The summed E-state index contributed by atoms with van der Waals surface area (Å²) < 4.78 is 125. The summed E-state index contributed by atoms with van der Waals surface area (Å²) in [5, 5.41) is 26.2. The fourth-order valence-electron chi connectivity index (χ4n) is 5.79. The van der Waals surface area contributed by atoms with Gasteiger partial charge in [-0.25, -0.2) is 21.6 Å². The van der Waals surface area contributed by atoms with Gasteiger partial charge in [0, 0.05) is 22.1 Å². The number of rotatable bonds is 10. The molecule has 0 saturated carbocycles. The zero-order valence-electron chi connectivity index (χ0n) is 28.8. The Morgan fingerprint density at radius 3 is 1.20 bits per heavy atom. The Kier molecular flexibility index (Phi) is 10.1. The maximum Gasteiger partial charge on any atom is 0.323 e. The van der Waals surface area contributed by atoms with E-state index in [1.165, 1.54) is 74.5 Å². The van der Waals surface area contributed by atoms with E-state index in [1.54, 1.807) is 0 Å². The summed E-state index contributed by atoms with van der Waals surface area (Å²) in [7, 11) is -18.4. The van der Waals surface area contributed by atoms with Crippen molar-refractivity contribution >= 4 is 90.6 Å². The van der Waals surface area contributed by atoms with E-state index in [0.29, 0.717) is 0 Å². The molecule has 2 amide bonds. The number of carbonyl (C=O) groups excluding carboxylic acids is 1. The number of hydrogen-bond donors (Lipinski definition) is 8. The average molecular weight is 843 g/mol. The van der Waals surface area contributed by atoms with Gasteiger partial charge in [0.25, 0.3) is 40.3 Å². The van der Waals surface area contributed by atoms with Crippen LogP contribution in [0.2, 0.25) is 0 Å². The highest BCUT2D eigenvalue weighted by Crippen LogP contribution is 2.37. The second-order valence-corrected chi connectivity index (χ2v) is 18.6. The number of carbonyl (C=O) groups is 1. The summed E-state index contributed by atoms with van der Waals surface area (Å²) in [5.74, 6) is -0.711. The smallest absolute Gasteiger partial charge is 0.323 e. The molecule has 6 rings (SSSR count). The number of amides is 2. The lowest BCUT2D eigenvalue weighted by Crippen LogP contribution is -2.21. The number of aryl methyl sites for hydroxylation is 2. The molecule has 0 unspecified atom stereocenters. The molecule has 0 radical (unpaired) electrons. The number of nitrogens with one attached hydrogen (secondary N) is 4. The first-order valence-corrected chi connectivity index (χ1v) is 21.7. The van der Waals surface area contributed by atoms with Crippen molar-refractivity contribution in [2.45, 2.75) is 33.4 Å². The summed E-state index contributed by atoms with van der Waals surface area (Å²) in [6.07, 6.45) is 0. The second kappa shape index (κ2) is 14.3. The van der Waals surface area contributed by atoms with Crippen LogP contribution in [-0.4, -0.2) is 59.0 Å². The molecule has 0 aliphatic rings. The van der Waals surface area contributed by atoms with Gasteiger partial charge in [0.05, 0.1) is 31.0 Å². The van der Waals surface area contributed by atoms with Crippen molar-refractivity contribution in [3.05, 3.63) is 108 Å². The second-order valence-electron chi connectivity index (χ2n) is 12.4. The Labute approximate surface area is 320 Å². The molecule has 292 valence electrons. The maximum absolute atomic E-state index is 13.4. The molecule has 0 saturated heterocycles. The van der Waals surface area contributed by atoms with Crippen LogP contribution in [0.3, 0.4) is 0 Å². The minimum absolute atomic E-state index is 0.0216. The van der Waals surface area contributed by atoms with E-state index in [1.807, 2.05) is 0 Å². The van der Waals surface area contributed by atoms with Crippen LogP contribution in [0.4, 0.5) is 27.5 Å². The van der Waals surface area contributed by atoms with Crippen molar-refractivity contribution in [2.75, 3.05) is 20.1 Å². The highest BCUT2D eigenvalue weighted by Gasteiger charge is 2.24. The van der Waals surface area contributed by atoms with Crippen molar-refractivity contribution in [1.29, 1.82) is 0 Å². The van der Waals surface area contributed by atoms with Gasteiger partial charge in [0.15, 0.2) is 0 Å². The number of anilines is 4. The van der Waals surface area contributed by atoms with Gasteiger partial charge >= 0.3 is 6.03 Å². The van der Waals surface area contributed by atoms with E-state index in [4.69, 9.17) is 0 Å². The number of benzene rings is 6. The summed E-state index contributed by atoms with van der Waals surface area (Å²) in [4.78, 5) is 11.2. The predicted molar refractivity (Wildman–Crippen MR) is 207 cm³/mol. The Balaban J connectivity index is 1.19. The fourth-order valence-corrected chi connectivity index (χ4v) is 9.17. The highest BCUT2D eigenvalue weighted by atomic mass is 32.2. The van der Waals surface area contributed by atoms with Crippen LogP contribution in [0.1, 0.15) is 11.1 Å². The van der Waals surface area contributed by atoms with Crippen LogP contribution in [0.15, 0.2) is 117 Å². The monoisotopic (exact) mass is 842 g/mol. The molecule has 56 heavy (non-hydrogen) atoms. The third-order valence-corrected chi connectivity index (χ3v) is 12.8. The van der Waals surface area contributed by atoms with Crippen LogP contribution in [0.5, 0.6) is 11.5 Å². The van der Waals surface area contributed by atoms with Crippen molar-refractivity contribution in [3.8, 4) is 11.5 Å². The Morgan fingerprint density at radius 1 is 0.482 bits per heavy atom. The van der Waals surface area contributed by atoms with Crippen LogP contribution >= 0.6 is 0 Å². The van der Waals surface area contributed by atoms with Crippen LogP contribution in [-0.2, 0) is 40.3 Å². The molecule has 0 bridgehead atoms. The van der Waals surface area contributed by atoms with Gasteiger partial charge < -0.3 is 20.8 Å². The molecule has 8 N–H and O–H groups in total. The molecule has 0 spiro atoms. The van der Waals surface area contributed by atoms with E-state index in [-0.39, 0.29) is 76.7 Å². The lowest BCUT2D eigenvalue weighted by atomic mass is 10.1. The summed E-state index contributed by atoms with van der Waals surface area (Å²) in [6, 6.07) is 18.6. The standard InChI is InChI=1S/C35H30N4O13S4/c1-19-13-23(53(43,44)38-29-17-25(55(47,48)49)15-21-5-3-7-31(40)33(21)29)9-11-27(19)36-35(42)37-28-12-10-24(14-20(28)2)54(45,46)39-30-18-26(56(50,51)52)16-22-6-4-8-32(41)34(22)30/h3-18,38-41H,1-2H3,(H2,36,37,42)(H,47,48,49)(H,50,51,52). The molecular formula is C35H30N4O13S4.